The van der Waals surface area contributed by atoms with Crippen molar-refractivity contribution in [3.05, 3.63) is 0 Å². The summed E-state index contributed by atoms with van der Waals surface area (Å²) in [6.45, 7) is 6.29. The summed E-state index contributed by atoms with van der Waals surface area (Å²) in [7, 11) is 0. The molecule has 2 rings (SSSR count). The Morgan fingerprint density at radius 3 is 2.70 bits per heavy atom. The summed E-state index contributed by atoms with van der Waals surface area (Å²) in [6, 6.07) is -0.165. The van der Waals surface area contributed by atoms with E-state index in [0.717, 1.165) is 19.4 Å². The van der Waals surface area contributed by atoms with Crippen molar-refractivity contribution in [2.24, 2.45) is 5.92 Å². The average Bonchev–Trinajstić information content (AvgIpc) is 2.41. The lowest BCUT2D eigenvalue weighted by Gasteiger charge is -2.43. The number of aliphatic carboxylic acids is 1. The predicted molar refractivity (Wildman–Crippen MR) is 73.5 cm³/mol. The predicted octanol–water partition coefficient (Wildman–Crippen LogP) is 1.40. The molecule has 0 aromatic rings. The monoisotopic (exact) mass is 284 g/mol. The van der Waals surface area contributed by atoms with Gasteiger partial charge in [-0.3, -0.25) is 4.79 Å². The molecular weight excluding hydrogens is 260 g/mol. The Hall–Kier alpha value is -1.30. The number of amides is 2. The van der Waals surface area contributed by atoms with Crippen LogP contribution in [0.4, 0.5) is 4.79 Å². The topological polar surface area (TPSA) is 70.1 Å². The lowest BCUT2D eigenvalue weighted by Crippen LogP contribution is -2.58. The molecule has 3 unspecified atom stereocenters. The molecule has 2 amide bonds. The van der Waals surface area contributed by atoms with Crippen LogP contribution < -0.4 is 0 Å². The van der Waals surface area contributed by atoms with E-state index in [9.17, 15) is 9.59 Å². The smallest absolute Gasteiger partial charge is 0.320 e. The first-order valence-corrected chi connectivity index (χ1v) is 7.37. The zero-order chi connectivity index (χ0) is 14.7. The van der Waals surface area contributed by atoms with E-state index in [2.05, 4.69) is 13.8 Å². The van der Waals surface area contributed by atoms with E-state index < -0.39 is 5.97 Å². The fourth-order valence-corrected chi connectivity index (χ4v) is 3.05. The molecule has 2 saturated heterocycles. The summed E-state index contributed by atoms with van der Waals surface area (Å²) in [5.74, 6) is -0.398. The zero-order valence-electron chi connectivity index (χ0n) is 12.2. The molecule has 0 bridgehead atoms. The van der Waals surface area contributed by atoms with Crippen molar-refractivity contribution < 1.29 is 19.4 Å². The number of rotatable bonds is 2. The Morgan fingerprint density at radius 2 is 2.00 bits per heavy atom. The van der Waals surface area contributed by atoms with Crippen LogP contribution in [0, 0.1) is 5.92 Å². The average molecular weight is 284 g/mol. The number of carboxylic acids is 1. The Kier molecular flexibility index (Phi) is 4.86. The second-order valence-corrected chi connectivity index (χ2v) is 5.86. The molecule has 0 radical (unpaired) electrons. The lowest BCUT2D eigenvalue weighted by molar-refractivity contribution is -0.139. The molecule has 2 aliphatic rings. The minimum absolute atomic E-state index is 0.0291. The minimum Gasteiger partial charge on any atom is -0.481 e. The van der Waals surface area contributed by atoms with Crippen molar-refractivity contribution in [1.29, 1.82) is 0 Å². The molecule has 0 aromatic carbocycles. The summed E-state index contributed by atoms with van der Waals surface area (Å²) in [5.41, 5.74) is 0. The van der Waals surface area contributed by atoms with Gasteiger partial charge in [0.25, 0.3) is 0 Å². The molecule has 6 nitrogen and oxygen atoms in total. The largest absolute Gasteiger partial charge is 0.481 e. The number of likely N-dealkylation sites (tertiary alicyclic amines) is 1. The van der Waals surface area contributed by atoms with Crippen molar-refractivity contribution in [1.82, 2.24) is 9.80 Å². The summed E-state index contributed by atoms with van der Waals surface area (Å²) < 4.78 is 5.32. The van der Waals surface area contributed by atoms with Crippen molar-refractivity contribution in [2.75, 3.05) is 26.3 Å². The highest BCUT2D eigenvalue weighted by molar-refractivity contribution is 5.76. The molecule has 20 heavy (non-hydrogen) atoms. The van der Waals surface area contributed by atoms with Gasteiger partial charge in [0.2, 0.25) is 0 Å². The van der Waals surface area contributed by atoms with Gasteiger partial charge in [-0.25, -0.2) is 4.79 Å². The van der Waals surface area contributed by atoms with Crippen LogP contribution in [0.3, 0.4) is 0 Å². The van der Waals surface area contributed by atoms with Crippen LogP contribution in [0.1, 0.15) is 33.1 Å². The van der Waals surface area contributed by atoms with E-state index in [1.165, 1.54) is 0 Å². The summed E-state index contributed by atoms with van der Waals surface area (Å²) >= 11 is 0. The third-order valence-electron chi connectivity index (χ3n) is 4.50. The van der Waals surface area contributed by atoms with E-state index in [4.69, 9.17) is 9.84 Å². The maximum atomic E-state index is 12.7. The fraction of sp³-hybridized carbons (Fsp3) is 0.857. The number of piperidine rings is 1. The third kappa shape index (κ3) is 3.23. The van der Waals surface area contributed by atoms with Crippen molar-refractivity contribution in [3.8, 4) is 0 Å². The van der Waals surface area contributed by atoms with Crippen LogP contribution in [0.15, 0.2) is 0 Å². The molecule has 2 fully saturated rings. The number of urea groups is 1. The molecule has 3 atom stereocenters. The lowest BCUT2D eigenvalue weighted by atomic mass is 9.92. The number of nitrogens with zero attached hydrogens (tertiary/aromatic N) is 2. The van der Waals surface area contributed by atoms with Crippen LogP contribution in [-0.4, -0.2) is 65.3 Å². The first-order chi connectivity index (χ1) is 9.50. The number of carbonyl (C=O) groups is 2. The van der Waals surface area contributed by atoms with Gasteiger partial charge < -0.3 is 19.6 Å². The van der Waals surface area contributed by atoms with Gasteiger partial charge in [-0.1, -0.05) is 6.92 Å². The number of hydrogen-bond acceptors (Lipinski definition) is 3. The highest BCUT2D eigenvalue weighted by atomic mass is 16.5. The quantitative estimate of drug-likeness (QED) is 0.832. The van der Waals surface area contributed by atoms with E-state index in [1.807, 2.05) is 4.90 Å². The second kappa shape index (κ2) is 6.43. The molecule has 6 heteroatoms. The molecule has 0 saturated carbocycles. The minimum atomic E-state index is -0.890. The van der Waals surface area contributed by atoms with E-state index in [-0.39, 0.29) is 24.5 Å². The van der Waals surface area contributed by atoms with Gasteiger partial charge in [0.15, 0.2) is 0 Å². The van der Waals surface area contributed by atoms with Gasteiger partial charge in [0.1, 0.15) is 0 Å². The standard InChI is InChI=1S/C14H24N2O4/c1-10-4-3-5-15(11(10)2)14(19)16-6-7-20-9-12(16)8-13(17)18/h10-12H,3-9H2,1-2H3,(H,17,18). The molecule has 114 valence electrons. The molecular formula is C14H24N2O4. The van der Waals surface area contributed by atoms with Crippen LogP contribution >= 0.6 is 0 Å². The summed E-state index contributed by atoms with van der Waals surface area (Å²) in [4.78, 5) is 27.2. The Labute approximate surface area is 119 Å². The number of hydrogen-bond donors (Lipinski definition) is 1. The number of carboxylic acid groups (broad SMARTS) is 1. The zero-order valence-corrected chi connectivity index (χ0v) is 12.2. The van der Waals surface area contributed by atoms with E-state index >= 15 is 0 Å². The van der Waals surface area contributed by atoms with Crippen molar-refractivity contribution >= 4 is 12.0 Å². The summed E-state index contributed by atoms with van der Waals surface area (Å²) in [5, 5.41) is 8.96. The molecule has 2 heterocycles. The molecule has 0 aliphatic carbocycles. The first kappa shape index (κ1) is 15.1. The normalized spacial score (nSPS) is 31.2. The van der Waals surface area contributed by atoms with Crippen LogP contribution in [-0.2, 0) is 9.53 Å². The molecule has 0 spiro atoms. The fourth-order valence-electron chi connectivity index (χ4n) is 3.05. The van der Waals surface area contributed by atoms with Gasteiger partial charge in [0, 0.05) is 19.1 Å². The third-order valence-corrected chi connectivity index (χ3v) is 4.50. The second-order valence-electron chi connectivity index (χ2n) is 5.86. The van der Waals surface area contributed by atoms with E-state index in [0.29, 0.717) is 25.7 Å². The Bertz CT molecular complexity index is 374. The maximum Gasteiger partial charge on any atom is 0.320 e. The Balaban J connectivity index is 2.06. The number of ether oxygens (including phenoxy) is 1. The molecule has 1 N–H and O–H groups in total. The van der Waals surface area contributed by atoms with Gasteiger partial charge in [-0.15, -0.1) is 0 Å². The molecule has 0 aromatic heterocycles. The number of carbonyl (C=O) groups excluding carboxylic acids is 1. The van der Waals surface area contributed by atoms with E-state index in [1.54, 1.807) is 4.90 Å². The van der Waals surface area contributed by atoms with Gasteiger partial charge in [0.05, 0.1) is 25.7 Å². The van der Waals surface area contributed by atoms with Gasteiger partial charge in [-0.2, -0.15) is 0 Å². The highest BCUT2D eigenvalue weighted by Gasteiger charge is 2.36. The maximum absolute atomic E-state index is 12.7. The van der Waals surface area contributed by atoms with Crippen molar-refractivity contribution in [2.45, 2.75) is 45.2 Å². The van der Waals surface area contributed by atoms with Gasteiger partial charge in [-0.05, 0) is 25.7 Å². The van der Waals surface area contributed by atoms with Crippen LogP contribution in [0.5, 0.6) is 0 Å². The highest BCUT2D eigenvalue weighted by Crippen LogP contribution is 2.25. The van der Waals surface area contributed by atoms with Crippen molar-refractivity contribution in [3.63, 3.8) is 0 Å². The Morgan fingerprint density at radius 1 is 1.25 bits per heavy atom. The van der Waals surface area contributed by atoms with Crippen LogP contribution in [0.25, 0.3) is 0 Å². The SMILES string of the molecule is CC1CCCN(C(=O)N2CCOCC2CC(=O)O)C1C. The number of morpholine rings is 1. The summed E-state index contributed by atoms with van der Waals surface area (Å²) in [6.07, 6.45) is 2.11. The van der Waals surface area contributed by atoms with Crippen LogP contribution in [0.2, 0.25) is 0 Å². The first-order valence-electron chi connectivity index (χ1n) is 7.37. The van der Waals surface area contributed by atoms with Gasteiger partial charge >= 0.3 is 12.0 Å². The molecule has 2 aliphatic heterocycles.